The van der Waals surface area contributed by atoms with E-state index < -0.39 is 6.04 Å². The van der Waals surface area contributed by atoms with Crippen LogP contribution in [0, 0.1) is 5.92 Å². The Hall–Kier alpha value is -2.33. The van der Waals surface area contributed by atoms with Gasteiger partial charge in [0.25, 0.3) is 5.91 Å². The van der Waals surface area contributed by atoms with Crippen molar-refractivity contribution in [2.75, 3.05) is 5.32 Å². The quantitative estimate of drug-likeness (QED) is 0.877. The van der Waals surface area contributed by atoms with E-state index in [2.05, 4.69) is 10.6 Å². The highest BCUT2D eigenvalue weighted by Crippen LogP contribution is 2.12. The number of carbonyl (C=O) groups is 2. The molecular formula is C18H19ClN2O2. The van der Waals surface area contributed by atoms with E-state index in [0.717, 1.165) is 0 Å². The molecule has 2 rings (SSSR count). The standard InChI is InChI=1S/C18H19ClN2O2/c1-12(2)16(18(23)20-15-6-4-3-5-7-15)21-17(22)13-8-10-14(19)11-9-13/h3-12,16H,1-2H3,(H,20,23)(H,21,22). The van der Waals surface area contributed by atoms with Crippen LogP contribution < -0.4 is 10.6 Å². The SMILES string of the molecule is CC(C)C(NC(=O)c1ccc(Cl)cc1)C(=O)Nc1ccccc1. The molecule has 0 fully saturated rings. The molecule has 2 aromatic carbocycles. The largest absolute Gasteiger partial charge is 0.340 e. The fraction of sp³-hybridized carbons (Fsp3) is 0.222. The smallest absolute Gasteiger partial charge is 0.251 e. The van der Waals surface area contributed by atoms with Crippen LogP contribution in [-0.2, 0) is 4.79 Å². The third-order valence-electron chi connectivity index (χ3n) is 3.38. The molecule has 0 aromatic heterocycles. The summed E-state index contributed by atoms with van der Waals surface area (Å²) in [7, 11) is 0. The zero-order valence-corrected chi connectivity index (χ0v) is 13.8. The zero-order chi connectivity index (χ0) is 16.8. The molecular weight excluding hydrogens is 312 g/mol. The monoisotopic (exact) mass is 330 g/mol. The topological polar surface area (TPSA) is 58.2 Å². The molecule has 23 heavy (non-hydrogen) atoms. The molecule has 2 N–H and O–H groups in total. The molecule has 0 aliphatic heterocycles. The van der Waals surface area contributed by atoms with Gasteiger partial charge in [-0.15, -0.1) is 0 Å². The maximum Gasteiger partial charge on any atom is 0.251 e. The zero-order valence-electron chi connectivity index (χ0n) is 13.0. The second-order valence-corrected chi connectivity index (χ2v) is 5.99. The Kier molecular flexibility index (Phi) is 5.77. The Balaban J connectivity index is 2.07. The molecule has 5 heteroatoms. The van der Waals surface area contributed by atoms with Gasteiger partial charge in [0.05, 0.1) is 0 Å². The molecule has 1 atom stereocenters. The first kappa shape index (κ1) is 17.0. The van der Waals surface area contributed by atoms with Crippen molar-refractivity contribution in [1.82, 2.24) is 5.32 Å². The van der Waals surface area contributed by atoms with Gasteiger partial charge in [-0.1, -0.05) is 43.6 Å². The van der Waals surface area contributed by atoms with Crippen LogP contribution >= 0.6 is 11.6 Å². The van der Waals surface area contributed by atoms with Crippen LogP contribution in [-0.4, -0.2) is 17.9 Å². The number of hydrogen-bond acceptors (Lipinski definition) is 2. The van der Waals surface area contributed by atoms with Gasteiger partial charge in [0, 0.05) is 16.3 Å². The molecule has 0 bridgehead atoms. The Bertz CT molecular complexity index is 669. The maximum absolute atomic E-state index is 12.4. The van der Waals surface area contributed by atoms with Gasteiger partial charge in [0.15, 0.2) is 0 Å². The van der Waals surface area contributed by atoms with Gasteiger partial charge < -0.3 is 10.6 Å². The van der Waals surface area contributed by atoms with Crippen molar-refractivity contribution in [1.29, 1.82) is 0 Å². The number of hydrogen-bond donors (Lipinski definition) is 2. The van der Waals surface area contributed by atoms with Crippen LogP contribution in [0.2, 0.25) is 5.02 Å². The van der Waals surface area contributed by atoms with E-state index in [1.807, 2.05) is 32.0 Å². The summed E-state index contributed by atoms with van der Waals surface area (Å²) in [4.78, 5) is 24.7. The lowest BCUT2D eigenvalue weighted by Gasteiger charge is -2.21. The Morgan fingerprint density at radius 2 is 1.57 bits per heavy atom. The summed E-state index contributed by atoms with van der Waals surface area (Å²) >= 11 is 5.82. The second kappa shape index (κ2) is 7.79. The van der Waals surface area contributed by atoms with Crippen LogP contribution in [0.1, 0.15) is 24.2 Å². The molecule has 1 unspecified atom stereocenters. The first-order valence-electron chi connectivity index (χ1n) is 7.39. The number of anilines is 1. The Labute approximate surface area is 140 Å². The highest BCUT2D eigenvalue weighted by molar-refractivity contribution is 6.30. The Morgan fingerprint density at radius 3 is 2.13 bits per heavy atom. The summed E-state index contributed by atoms with van der Waals surface area (Å²) in [5.74, 6) is -0.591. The van der Waals surface area contributed by atoms with Gasteiger partial charge in [-0.05, 0) is 42.3 Å². The first-order chi connectivity index (χ1) is 11.0. The van der Waals surface area contributed by atoms with E-state index in [4.69, 9.17) is 11.6 Å². The van der Waals surface area contributed by atoms with Crippen LogP contribution in [0.5, 0.6) is 0 Å². The normalized spacial score (nSPS) is 11.8. The van der Waals surface area contributed by atoms with Crippen molar-refractivity contribution in [3.05, 3.63) is 65.2 Å². The van der Waals surface area contributed by atoms with Gasteiger partial charge in [0.2, 0.25) is 5.91 Å². The van der Waals surface area contributed by atoms with Crippen molar-refractivity contribution < 1.29 is 9.59 Å². The minimum Gasteiger partial charge on any atom is -0.340 e. The lowest BCUT2D eigenvalue weighted by Crippen LogP contribution is -2.47. The second-order valence-electron chi connectivity index (χ2n) is 5.56. The van der Waals surface area contributed by atoms with Crippen LogP contribution in [0.4, 0.5) is 5.69 Å². The van der Waals surface area contributed by atoms with Crippen molar-refractivity contribution in [3.63, 3.8) is 0 Å². The number of carbonyl (C=O) groups excluding carboxylic acids is 2. The van der Waals surface area contributed by atoms with Crippen LogP contribution in [0.3, 0.4) is 0 Å². The van der Waals surface area contributed by atoms with Gasteiger partial charge >= 0.3 is 0 Å². The summed E-state index contributed by atoms with van der Waals surface area (Å²) in [6, 6.07) is 15.1. The highest BCUT2D eigenvalue weighted by atomic mass is 35.5. The molecule has 4 nitrogen and oxygen atoms in total. The number of amides is 2. The summed E-state index contributed by atoms with van der Waals surface area (Å²) < 4.78 is 0. The fourth-order valence-corrected chi connectivity index (χ4v) is 2.23. The van der Waals surface area contributed by atoms with E-state index in [0.29, 0.717) is 16.3 Å². The number of para-hydroxylation sites is 1. The van der Waals surface area contributed by atoms with Gasteiger partial charge in [-0.25, -0.2) is 0 Å². The van der Waals surface area contributed by atoms with E-state index in [-0.39, 0.29) is 17.7 Å². The predicted molar refractivity (Wildman–Crippen MR) is 92.6 cm³/mol. The molecule has 2 amide bonds. The van der Waals surface area contributed by atoms with Crippen molar-refractivity contribution >= 4 is 29.1 Å². The van der Waals surface area contributed by atoms with Crippen molar-refractivity contribution in [2.45, 2.75) is 19.9 Å². The summed E-state index contributed by atoms with van der Waals surface area (Å²) in [5.41, 5.74) is 1.16. The highest BCUT2D eigenvalue weighted by Gasteiger charge is 2.24. The molecule has 120 valence electrons. The number of nitrogens with one attached hydrogen (secondary N) is 2. The van der Waals surface area contributed by atoms with Gasteiger partial charge in [-0.3, -0.25) is 9.59 Å². The first-order valence-corrected chi connectivity index (χ1v) is 7.77. The van der Waals surface area contributed by atoms with Gasteiger partial charge in [0.1, 0.15) is 6.04 Å². The average Bonchev–Trinajstić information content (AvgIpc) is 2.53. The third kappa shape index (κ3) is 4.83. The van der Waals surface area contributed by atoms with Crippen molar-refractivity contribution in [3.8, 4) is 0 Å². The number of benzene rings is 2. The molecule has 0 saturated heterocycles. The molecule has 0 saturated carbocycles. The van der Waals surface area contributed by atoms with E-state index in [9.17, 15) is 9.59 Å². The molecule has 0 spiro atoms. The lowest BCUT2D eigenvalue weighted by molar-refractivity contribution is -0.118. The fourth-order valence-electron chi connectivity index (χ4n) is 2.10. The number of halogens is 1. The van der Waals surface area contributed by atoms with Gasteiger partial charge in [-0.2, -0.15) is 0 Å². The molecule has 0 radical (unpaired) electrons. The molecule has 0 aliphatic carbocycles. The molecule has 0 aliphatic rings. The minimum atomic E-state index is -0.626. The van der Waals surface area contributed by atoms with E-state index in [1.165, 1.54) is 0 Å². The van der Waals surface area contributed by atoms with Crippen LogP contribution in [0.15, 0.2) is 54.6 Å². The molecule has 0 heterocycles. The third-order valence-corrected chi connectivity index (χ3v) is 3.64. The number of rotatable bonds is 5. The molecule has 2 aromatic rings. The lowest BCUT2D eigenvalue weighted by atomic mass is 10.0. The predicted octanol–water partition coefficient (Wildman–Crippen LogP) is 3.73. The average molecular weight is 331 g/mol. The summed E-state index contributed by atoms with van der Waals surface area (Å²) in [6.07, 6.45) is 0. The summed E-state index contributed by atoms with van der Waals surface area (Å²) in [6.45, 7) is 3.77. The van der Waals surface area contributed by atoms with E-state index in [1.54, 1.807) is 36.4 Å². The minimum absolute atomic E-state index is 0.0463. The Morgan fingerprint density at radius 1 is 0.957 bits per heavy atom. The summed E-state index contributed by atoms with van der Waals surface area (Å²) in [5, 5.41) is 6.15. The van der Waals surface area contributed by atoms with E-state index >= 15 is 0 Å². The van der Waals surface area contributed by atoms with Crippen LogP contribution in [0.25, 0.3) is 0 Å². The maximum atomic E-state index is 12.4. The van der Waals surface area contributed by atoms with Crippen molar-refractivity contribution in [2.24, 2.45) is 5.92 Å².